The second-order valence-corrected chi connectivity index (χ2v) is 6.07. The molecule has 0 fully saturated rings. The van der Waals surface area contributed by atoms with Crippen LogP contribution >= 0.6 is 0 Å². The summed E-state index contributed by atoms with van der Waals surface area (Å²) in [6, 6.07) is 12.2. The highest BCUT2D eigenvalue weighted by Crippen LogP contribution is 2.24. The van der Waals surface area contributed by atoms with Gasteiger partial charge in [-0.2, -0.15) is 0 Å². The summed E-state index contributed by atoms with van der Waals surface area (Å²) in [7, 11) is 5.30. The van der Waals surface area contributed by atoms with Gasteiger partial charge in [0.25, 0.3) is 11.8 Å². The van der Waals surface area contributed by atoms with Gasteiger partial charge in [0, 0.05) is 37.6 Å². The molecule has 0 aromatic heterocycles. The molecule has 0 saturated heterocycles. The van der Waals surface area contributed by atoms with Crippen molar-refractivity contribution in [1.82, 2.24) is 5.32 Å². The first-order valence-electron chi connectivity index (χ1n) is 8.51. The molecule has 0 atom stereocenters. The van der Waals surface area contributed by atoms with Gasteiger partial charge in [0.15, 0.2) is 0 Å². The van der Waals surface area contributed by atoms with E-state index < -0.39 is 0 Å². The topological polar surface area (TPSA) is 70.7 Å². The highest BCUT2D eigenvalue weighted by atomic mass is 16.5. The number of nitrogens with zero attached hydrogens (tertiary/aromatic N) is 1. The van der Waals surface area contributed by atoms with Crippen LogP contribution in [-0.4, -0.2) is 39.6 Å². The number of carbonyl (C=O) groups excluding carboxylic acids is 2. The first kappa shape index (κ1) is 19.3. The molecule has 0 aliphatic heterocycles. The molecule has 2 N–H and O–H groups in total. The van der Waals surface area contributed by atoms with Crippen molar-refractivity contribution in [3.05, 3.63) is 53.6 Å². The van der Waals surface area contributed by atoms with Crippen LogP contribution < -0.4 is 20.3 Å². The van der Waals surface area contributed by atoms with Crippen LogP contribution in [0.25, 0.3) is 0 Å². The van der Waals surface area contributed by atoms with Crippen molar-refractivity contribution in [3.8, 4) is 5.75 Å². The molecule has 26 heavy (non-hydrogen) atoms. The summed E-state index contributed by atoms with van der Waals surface area (Å²) >= 11 is 0. The highest BCUT2D eigenvalue weighted by Gasteiger charge is 2.15. The molecule has 6 nitrogen and oxygen atoms in total. The zero-order chi connectivity index (χ0) is 19.1. The number of hydrogen-bond donors (Lipinski definition) is 2. The van der Waals surface area contributed by atoms with Crippen molar-refractivity contribution >= 4 is 23.2 Å². The van der Waals surface area contributed by atoms with Gasteiger partial charge in [-0.3, -0.25) is 9.59 Å². The second kappa shape index (κ2) is 8.89. The van der Waals surface area contributed by atoms with E-state index in [9.17, 15) is 9.59 Å². The average molecular weight is 355 g/mol. The van der Waals surface area contributed by atoms with Crippen LogP contribution in [0.2, 0.25) is 0 Å². The minimum atomic E-state index is -0.263. The van der Waals surface area contributed by atoms with Crippen LogP contribution in [0.15, 0.2) is 42.5 Å². The summed E-state index contributed by atoms with van der Waals surface area (Å²) in [4.78, 5) is 26.8. The van der Waals surface area contributed by atoms with Crippen molar-refractivity contribution < 1.29 is 14.3 Å². The van der Waals surface area contributed by atoms with Gasteiger partial charge >= 0.3 is 0 Å². The summed E-state index contributed by atoms with van der Waals surface area (Å²) in [6.07, 6.45) is 0.856. The maximum Gasteiger partial charge on any atom is 0.255 e. The third-order valence-electron chi connectivity index (χ3n) is 3.85. The van der Waals surface area contributed by atoms with Gasteiger partial charge in [-0.05, 0) is 42.8 Å². The predicted octanol–water partition coefficient (Wildman–Crippen LogP) is 3.15. The molecule has 0 unspecified atom stereocenters. The molecule has 6 heteroatoms. The van der Waals surface area contributed by atoms with E-state index in [1.807, 2.05) is 32.0 Å². The lowest BCUT2D eigenvalue weighted by molar-refractivity contribution is 0.0952. The molecule has 0 saturated carbocycles. The first-order chi connectivity index (χ1) is 12.5. The molecule has 0 bridgehead atoms. The number of amides is 2. The van der Waals surface area contributed by atoms with Gasteiger partial charge in [-0.25, -0.2) is 0 Å². The van der Waals surface area contributed by atoms with Crippen LogP contribution in [0.3, 0.4) is 0 Å². The van der Waals surface area contributed by atoms with E-state index in [2.05, 4.69) is 10.6 Å². The van der Waals surface area contributed by atoms with E-state index in [4.69, 9.17) is 4.74 Å². The smallest absolute Gasteiger partial charge is 0.255 e. The van der Waals surface area contributed by atoms with Crippen molar-refractivity contribution in [1.29, 1.82) is 0 Å². The summed E-state index contributed by atoms with van der Waals surface area (Å²) in [5.74, 6) is 0.190. The molecule has 2 amide bonds. The quantitative estimate of drug-likeness (QED) is 0.800. The van der Waals surface area contributed by atoms with E-state index in [1.54, 1.807) is 43.5 Å². The number of nitrogens with one attached hydrogen (secondary N) is 2. The van der Waals surface area contributed by atoms with Crippen molar-refractivity contribution in [2.24, 2.45) is 0 Å². The maximum absolute atomic E-state index is 12.5. The lowest BCUT2D eigenvalue weighted by Gasteiger charge is -2.18. The van der Waals surface area contributed by atoms with Crippen molar-refractivity contribution in [3.63, 3.8) is 0 Å². The fourth-order valence-corrected chi connectivity index (χ4v) is 2.49. The van der Waals surface area contributed by atoms with E-state index in [1.165, 1.54) is 0 Å². The monoisotopic (exact) mass is 355 g/mol. The number of methoxy groups -OCH3 is 1. The Kier molecular flexibility index (Phi) is 6.60. The largest absolute Gasteiger partial charge is 0.497 e. The fraction of sp³-hybridized carbons (Fsp3) is 0.300. The average Bonchev–Trinajstić information content (AvgIpc) is 2.65. The molecule has 2 rings (SSSR count). The lowest BCUT2D eigenvalue weighted by Crippen LogP contribution is -2.26. The summed E-state index contributed by atoms with van der Waals surface area (Å²) in [5, 5.41) is 5.71. The van der Waals surface area contributed by atoms with E-state index in [0.29, 0.717) is 29.1 Å². The maximum atomic E-state index is 12.5. The van der Waals surface area contributed by atoms with Gasteiger partial charge in [-0.1, -0.05) is 13.0 Å². The predicted molar refractivity (Wildman–Crippen MR) is 104 cm³/mol. The Balaban J connectivity index is 2.26. The van der Waals surface area contributed by atoms with Crippen LogP contribution in [0.1, 0.15) is 34.1 Å². The molecule has 2 aromatic carbocycles. The number of carbonyl (C=O) groups is 2. The Labute approximate surface area is 154 Å². The Morgan fingerprint density at radius 2 is 1.85 bits per heavy atom. The van der Waals surface area contributed by atoms with Gasteiger partial charge < -0.3 is 20.3 Å². The molecule has 138 valence electrons. The minimum Gasteiger partial charge on any atom is -0.497 e. The third kappa shape index (κ3) is 4.75. The normalized spacial score (nSPS) is 10.2. The zero-order valence-corrected chi connectivity index (χ0v) is 15.6. The number of benzene rings is 2. The van der Waals surface area contributed by atoms with Gasteiger partial charge in [0.05, 0.1) is 12.7 Å². The lowest BCUT2D eigenvalue weighted by atomic mass is 10.1. The first-order valence-corrected chi connectivity index (χ1v) is 8.51. The van der Waals surface area contributed by atoms with Gasteiger partial charge in [0.1, 0.15) is 5.75 Å². The zero-order valence-electron chi connectivity index (χ0n) is 15.6. The van der Waals surface area contributed by atoms with Crippen molar-refractivity contribution in [2.45, 2.75) is 13.3 Å². The van der Waals surface area contributed by atoms with Crippen molar-refractivity contribution in [2.75, 3.05) is 38.0 Å². The van der Waals surface area contributed by atoms with E-state index >= 15 is 0 Å². The Morgan fingerprint density at radius 3 is 2.50 bits per heavy atom. The van der Waals surface area contributed by atoms with Gasteiger partial charge in [0.2, 0.25) is 0 Å². The summed E-state index contributed by atoms with van der Waals surface area (Å²) < 4.78 is 5.15. The summed E-state index contributed by atoms with van der Waals surface area (Å²) in [6.45, 7) is 2.60. The SMILES string of the molecule is CCCNC(=O)c1cc(NC(=O)c2cccc(OC)c2)ccc1N(C)C. The van der Waals surface area contributed by atoms with Crippen LogP contribution in [0.5, 0.6) is 5.75 Å². The Bertz CT molecular complexity index is 788. The molecule has 2 aromatic rings. The molecular weight excluding hydrogens is 330 g/mol. The number of ether oxygens (including phenoxy) is 1. The van der Waals surface area contributed by atoms with E-state index in [0.717, 1.165) is 12.1 Å². The van der Waals surface area contributed by atoms with Gasteiger partial charge in [-0.15, -0.1) is 0 Å². The van der Waals surface area contributed by atoms with Crippen LogP contribution in [-0.2, 0) is 0 Å². The Morgan fingerprint density at radius 1 is 1.08 bits per heavy atom. The third-order valence-corrected chi connectivity index (χ3v) is 3.85. The number of anilines is 2. The Hall–Kier alpha value is -3.02. The highest BCUT2D eigenvalue weighted by molar-refractivity contribution is 6.06. The standard InChI is InChI=1S/C20H25N3O3/c1-5-11-21-20(25)17-13-15(9-10-18(17)23(2)3)22-19(24)14-7-6-8-16(12-14)26-4/h6-10,12-13H,5,11H2,1-4H3,(H,21,25)(H,22,24). The molecular formula is C20H25N3O3. The number of hydrogen-bond acceptors (Lipinski definition) is 4. The molecule has 0 radical (unpaired) electrons. The molecule has 0 aliphatic carbocycles. The molecule has 0 spiro atoms. The van der Waals surface area contributed by atoms with Crippen LogP contribution in [0.4, 0.5) is 11.4 Å². The van der Waals surface area contributed by atoms with E-state index in [-0.39, 0.29) is 11.8 Å². The second-order valence-electron chi connectivity index (χ2n) is 6.07. The molecule has 0 aliphatic rings. The summed E-state index contributed by atoms with van der Waals surface area (Å²) in [5.41, 5.74) is 2.35. The fourth-order valence-electron chi connectivity index (χ4n) is 2.49. The van der Waals surface area contributed by atoms with Crippen LogP contribution in [0, 0.1) is 0 Å². The number of rotatable bonds is 7. The minimum absolute atomic E-state index is 0.159. The molecule has 0 heterocycles.